The Balaban J connectivity index is 1.98. The lowest BCUT2D eigenvalue weighted by molar-refractivity contribution is 0.544. The Bertz CT molecular complexity index is 630. The van der Waals surface area contributed by atoms with Crippen molar-refractivity contribution in [1.29, 1.82) is 0 Å². The fourth-order valence-corrected chi connectivity index (χ4v) is 6.19. The minimum Gasteiger partial charge on any atom is -0.229 e. The van der Waals surface area contributed by atoms with Gasteiger partial charge in [0.25, 0.3) is 0 Å². The Hall–Kier alpha value is -0.440. The fraction of sp³-hybridized carbons (Fsp3) is 0.600. The Morgan fingerprint density at radius 1 is 1.44 bits per heavy atom. The van der Waals surface area contributed by atoms with E-state index in [4.69, 9.17) is 0 Å². The van der Waals surface area contributed by atoms with Crippen LogP contribution in [0.1, 0.15) is 11.3 Å². The average Bonchev–Trinajstić information content (AvgIpc) is 2.82. The van der Waals surface area contributed by atoms with Crippen LogP contribution in [0.2, 0.25) is 0 Å². The minimum absolute atomic E-state index is 0.0823. The lowest BCUT2D eigenvalue weighted by Crippen LogP contribution is -2.29. The summed E-state index contributed by atoms with van der Waals surface area (Å²) >= 11 is 1.21. The van der Waals surface area contributed by atoms with Crippen molar-refractivity contribution in [3.05, 3.63) is 17.0 Å². The molecule has 1 aliphatic rings. The summed E-state index contributed by atoms with van der Waals surface area (Å²) in [5.41, 5.74) is 0. The molecule has 2 rings (SSSR count). The summed E-state index contributed by atoms with van der Waals surface area (Å²) in [7, 11) is -6.45. The highest BCUT2D eigenvalue weighted by Gasteiger charge is 2.29. The van der Waals surface area contributed by atoms with Crippen molar-refractivity contribution in [3.8, 4) is 0 Å². The molecule has 18 heavy (non-hydrogen) atoms. The number of thiophene rings is 1. The summed E-state index contributed by atoms with van der Waals surface area (Å²) in [5, 5.41) is 0. The van der Waals surface area contributed by atoms with Gasteiger partial charge in [0.05, 0.1) is 11.5 Å². The molecule has 0 aromatic carbocycles. The first-order valence-electron chi connectivity index (χ1n) is 5.55. The molecule has 1 aromatic rings. The zero-order valence-electron chi connectivity index (χ0n) is 9.92. The van der Waals surface area contributed by atoms with Gasteiger partial charge in [0.2, 0.25) is 10.0 Å². The Morgan fingerprint density at radius 3 is 2.67 bits per heavy atom. The molecule has 102 valence electrons. The molecule has 0 bridgehead atoms. The largest absolute Gasteiger partial charge is 0.250 e. The van der Waals surface area contributed by atoms with Crippen LogP contribution in [-0.4, -0.2) is 34.9 Å². The second-order valence-corrected chi connectivity index (χ2v) is 10.00. The smallest absolute Gasteiger partial charge is 0.229 e. The van der Waals surface area contributed by atoms with Crippen LogP contribution in [-0.2, 0) is 19.9 Å². The Morgan fingerprint density at radius 2 is 2.17 bits per heavy atom. The number of hydrogen-bond acceptors (Lipinski definition) is 5. The first kappa shape index (κ1) is 14.0. The standard InChI is InChI=1S/C10H15NO4S3/c1-8-2-3-10(16-8)18(14,15)11-6-9-4-5-17(12,13)7-9/h2-3,9,11H,4-7H2,1H3. The highest BCUT2D eigenvalue weighted by Crippen LogP contribution is 2.22. The fourth-order valence-electron chi connectivity index (χ4n) is 1.89. The molecular formula is C10H15NO4S3. The molecule has 1 atom stereocenters. The van der Waals surface area contributed by atoms with E-state index in [0.717, 1.165) is 4.88 Å². The second kappa shape index (κ2) is 4.92. The van der Waals surface area contributed by atoms with Gasteiger partial charge in [-0.1, -0.05) is 0 Å². The maximum atomic E-state index is 11.9. The maximum Gasteiger partial charge on any atom is 0.250 e. The van der Waals surface area contributed by atoms with E-state index in [2.05, 4.69) is 4.72 Å². The van der Waals surface area contributed by atoms with Crippen molar-refractivity contribution in [2.45, 2.75) is 17.6 Å². The van der Waals surface area contributed by atoms with Crippen molar-refractivity contribution in [2.75, 3.05) is 18.1 Å². The van der Waals surface area contributed by atoms with Gasteiger partial charge in [-0.2, -0.15) is 0 Å². The Labute approximate surface area is 111 Å². The quantitative estimate of drug-likeness (QED) is 0.891. The third-order valence-electron chi connectivity index (χ3n) is 2.87. The number of hydrogen-bond donors (Lipinski definition) is 1. The van der Waals surface area contributed by atoms with Crippen LogP contribution in [0.25, 0.3) is 0 Å². The molecule has 1 fully saturated rings. The molecule has 0 spiro atoms. The van der Waals surface area contributed by atoms with Crippen LogP contribution in [0.4, 0.5) is 0 Å². The molecule has 0 aliphatic carbocycles. The molecular weight excluding hydrogens is 294 g/mol. The summed E-state index contributed by atoms with van der Waals surface area (Å²) in [6.07, 6.45) is 0.536. The number of rotatable bonds is 4. The second-order valence-electron chi connectivity index (χ2n) is 4.49. The number of sulfone groups is 1. The van der Waals surface area contributed by atoms with Gasteiger partial charge in [-0.3, -0.25) is 0 Å². The molecule has 0 radical (unpaired) electrons. The van der Waals surface area contributed by atoms with Crippen LogP contribution in [0, 0.1) is 12.8 Å². The van der Waals surface area contributed by atoms with Gasteiger partial charge in [-0.05, 0) is 31.4 Å². The zero-order chi connectivity index (χ0) is 13.4. The van der Waals surface area contributed by atoms with Gasteiger partial charge in [-0.25, -0.2) is 21.6 Å². The predicted octanol–water partition coefficient (Wildman–Crippen LogP) is 0.770. The molecule has 5 nitrogen and oxygen atoms in total. The number of nitrogens with one attached hydrogen (secondary N) is 1. The minimum atomic E-state index is -3.49. The normalized spacial score (nSPS) is 23.3. The van der Waals surface area contributed by atoms with Crippen LogP contribution in [0.3, 0.4) is 0 Å². The summed E-state index contributed by atoms with van der Waals surface area (Å²) < 4.78 is 49.1. The highest BCUT2D eigenvalue weighted by molar-refractivity contribution is 7.92. The topological polar surface area (TPSA) is 80.3 Å². The van der Waals surface area contributed by atoms with Crippen LogP contribution in [0.15, 0.2) is 16.3 Å². The van der Waals surface area contributed by atoms with Gasteiger partial charge in [0.1, 0.15) is 4.21 Å². The summed E-state index contributed by atoms with van der Waals surface area (Å²) in [5.74, 6) is 0.141. The predicted molar refractivity (Wildman–Crippen MR) is 71.0 cm³/mol. The SMILES string of the molecule is Cc1ccc(S(=O)(=O)NCC2CCS(=O)(=O)C2)s1. The lowest BCUT2D eigenvalue weighted by atomic mass is 10.1. The van der Waals surface area contributed by atoms with Gasteiger partial charge in [0, 0.05) is 11.4 Å². The van der Waals surface area contributed by atoms with E-state index in [-0.39, 0.29) is 28.2 Å². The van der Waals surface area contributed by atoms with E-state index in [1.807, 2.05) is 6.92 Å². The summed E-state index contributed by atoms with van der Waals surface area (Å²) in [6, 6.07) is 3.31. The molecule has 1 saturated heterocycles. The zero-order valence-corrected chi connectivity index (χ0v) is 12.4. The first-order chi connectivity index (χ1) is 8.28. The monoisotopic (exact) mass is 309 g/mol. The summed E-state index contributed by atoms with van der Waals surface area (Å²) in [4.78, 5) is 0.929. The van der Waals surface area contributed by atoms with E-state index >= 15 is 0 Å². The molecule has 8 heteroatoms. The molecule has 1 N–H and O–H groups in total. The van der Waals surface area contributed by atoms with Crippen LogP contribution >= 0.6 is 11.3 Å². The molecule has 1 unspecified atom stereocenters. The maximum absolute atomic E-state index is 11.9. The van der Waals surface area contributed by atoms with E-state index in [1.54, 1.807) is 12.1 Å². The van der Waals surface area contributed by atoms with Gasteiger partial charge < -0.3 is 0 Å². The van der Waals surface area contributed by atoms with E-state index < -0.39 is 19.9 Å². The molecule has 1 aromatic heterocycles. The van der Waals surface area contributed by atoms with E-state index in [0.29, 0.717) is 6.42 Å². The first-order valence-corrected chi connectivity index (χ1v) is 9.67. The van der Waals surface area contributed by atoms with Crippen molar-refractivity contribution in [2.24, 2.45) is 5.92 Å². The lowest BCUT2D eigenvalue weighted by Gasteiger charge is -2.08. The number of aryl methyl sites for hydroxylation is 1. The number of sulfonamides is 1. The molecule has 2 heterocycles. The van der Waals surface area contributed by atoms with Gasteiger partial charge in [-0.15, -0.1) is 11.3 Å². The van der Waals surface area contributed by atoms with Crippen molar-refractivity contribution >= 4 is 31.2 Å². The summed E-state index contributed by atoms with van der Waals surface area (Å²) in [6.45, 7) is 2.03. The van der Waals surface area contributed by atoms with Gasteiger partial charge in [0.15, 0.2) is 9.84 Å². The third kappa shape index (κ3) is 3.31. The van der Waals surface area contributed by atoms with Crippen LogP contribution < -0.4 is 4.72 Å². The van der Waals surface area contributed by atoms with Crippen molar-refractivity contribution in [3.63, 3.8) is 0 Å². The van der Waals surface area contributed by atoms with Crippen molar-refractivity contribution < 1.29 is 16.8 Å². The van der Waals surface area contributed by atoms with Gasteiger partial charge >= 0.3 is 0 Å². The van der Waals surface area contributed by atoms with Crippen molar-refractivity contribution in [1.82, 2.24) is 4.72 Å². The van der Waals surface area contributed by atoms with E-state index in [1.165, 1.54) is 11.3 Å². The average molecular weight is 309 g/mol. The molecule has 0 amide bonds. The molecule has 1 aliphatic heterocycles. The third-order valence-corrected chi connectivity index (χ3v) is 7.62. The molecule has 0 saturated carbocycles. The Kier molecular flexibility index (Phi) is 3.82. The van der Waals surface area contributed by atoms with E-state index in [9.17, 15) is 16.8 Å². The van der Waals surface area contributed by atoms with Crippen LogP contribution in [0.5, 0.6) is 0 Å². The highest BCUT2D eigenvalue weighted by atomic mass is 32.2.